The van der Waals surface area contributed by atoms with Crippen LogP contribution < -0.4 is 15.4 Å². The first-order valence-electron chi connectivity index (χ1n) is 11.8. The van der Waals surface area contributed by atoms with Gasteiger partial charge >= 0.3 is 6.09 Å². The highest BCUT2D eigenvalue weighted by atomic mass is 16.5. The molecule has 0 bridgehead atoms. The molecule has 34 heavy (non-hydrogen) atoms. The van der Waals surface area contributed by atoms with Crippen molar-refractivity contribution in [3.05, 3.63) is 83.4 Å². The fraction of sp³-hybridized carbons (Fsp3) is 0.321. The quantitative estimate of drug-likeness (QED) is 0.478. The van der Waals surface area contributed by atoms with Gasteiger partial charge in [0.05, 0.1) is 12.6 Å². The Labute approximate surface area is 199 Å². The van der Waals surface area contributed by atoms with Gasteiger partial charge in [0.1, 0.15) is 18.5 Å². The van der Waals surface area contributed by atoms with Crippen LogP contribution >= 0.6 is 0 Å². The number of nitrogens with one attached hydrogen (secondary N) is 2. The van der Waals surface area contributed by atoms with E-state index in [-0.39, 0.29) is 18.1 Å². The molecule has 0 fully saturated rings. The highest BCUT2D eigenvalue weighted by Crippen LogP contribution is 2.44. The monoisotopic (exact) mass is 458 g/mol. The van der Waals surface area contributed by atoms with Gasteiger partial charge in [-0.2, -0.15) is 0 Å². The molecule has 0 spiro atoms. The molecule has 3 aromatic carbocycles. The van der Waals surface area contributed by atoms with Gasteiger partial charge < -0.3 is 25.2 Å². The molecule has 0 saturated heterocycles. The summed E-state index contributed by atoms with van der Waals surface area (Å²) in [4.78, 5) is 12.5. The summed E-state index contributed by atoms with van der Waals surface area (Å²) in [6, 6.07) is 22.5. The Hall–Kier alpha value is -3.51. The maximum absolute atomic E-state index is 12.5. The van der Waals surface area contributed by atoms with Crippen LogP contribution in [0, 0.1) is 0 Å². The third-order valence-corrected chi connectivity index (χ3v) is 6.74. The van der Waals surface area contributed by atoms with Crippen LogP contribution in [-0.4, -0.2) is 42.6 Å². The van der Waals surface area contributed by atoms with Gasteiger partial charge in [0.25, 0.3) is 0 Å². The molecule has 3 aromatic rings. The molecule has 1 aliphatic heterocycles. The van der Waals surface area contributed by atoms with E-state index in [0.717, 1.165) is 17.0 Å². The van der Waals surface area contributed by atoms with Gasteiger partial charge in [0.2, 0.25) is 0 Å². The molecule has 6 heteroatoms. The second-order valence-electron chi connectivity index (χ2n) is 9.15. The molecule has 0 radical (unpaired) electrons. The molecule has 176 valence electrons. The summed E-state index contributed by atoms with van der Waals surface area (Å²) in [6.07, 6.45) is -0.314. The van der Waals surface area contributed by atoms with Crippen LogP contribution in [0.4, 0.5) is 10.5 Å². The summed E-state index contributed by atoms with van der Waals surface area (Å²) in [7, 11) is 0. The van der Waals surface area contributed by atoms with Crippen LogP contribution in [0.5, 0.6) is 5.75 Å². The summed E-state index contributed by atoms with van der Waals surface area (Å²) >= 11 is 0. The number of rotatable bonds is 7. The minimum absolute atomic E-state index is 0.0417. The summed E-state index contributed by atoms with van der Waals surface area (Å²) in [6.45, 7) is 4.37. The third kappa shape index (κ3) is 4.46. The van der Waals surface area contributed by atoms with E-state index in [1.165, 1.54) is 22.3 Å². The SMILES string of the molecule is CC(O)C(C)Nc1ccc2c(c1)CC(CNC(=O)OCC1c3ccccc3-c3ccccc31)O2. The van der Waals surface area contributed by atoms with E-state index >= 15 is 0 Å². The fourth-order valence-corrected chi connectivity index (χ4v) is 4.75. The van der Waals surface area contributed by atoms with E-state index in [9.17, 15) is 9.90 Å². The molecule has 3 atom stereocenters. The average Bonchev–Trinajstić information content (AvgIpc) is 3.39. The first-order valence-corrected chi connectivity index (χ1v) is 11.8. The first kappa shape index (κ1) is 22.3. The smallest absolute Gasteiger partial charge is 0.407 e. The van der Waals surface area contributed by atoms with Crippen molar-refractivity contribution in [2.24, 2.45) is 0 Å². The number of fused-ring (bicyclic) bond motifs is 4. The Morgan fingerprint density at radius 1 is 1.06 bits per heavy atom. The van der Waals surface area contributed by atoms with Gasteiger partial charge in [-0.05, 0) is 59.9 Å². The van der Waals surface area contributed by atoms with Crippen LogP contribution in [0.15, 0.2) is 66.7 Å². The molecule has 5 rings (SSSR count). The van der Waals surface area contributed by atoms with E-state index < -0.39 is 12.2 Å². The molecule has 2 aliphatic rings. The zero-order valence-corrected chi connectivity index (χ0v) is 19.5. The average molecular weight is 459 g/mol. The summed E-state index contributed by atoms with van der Waals surface area (Å²) in [5.74, 6) is 0.870. The van der Waals surface area contributed by atoms with Gasteiger partial charge in [-0.3, -0.25) is 0 Å². The highest BCUT2D eigenvalue weighted by Gasteiger charge is 2.29. The van der Waals surface area contributed by atoms with Gasteiger partial charge in [-0.1, -0.05) is 48.5 Å². The van der Waals surface area contributed by atoms with E-state index in [4.69, 9.17) is 9.47 Å². The highest BCUT2D eigenvalue weighted by molar-refractivity contribution is 5.79. The van der Waals surface area contributed by atoms with Crippen LogP contribution in [0.25, 0.3) is 11.1 Å². The van der Waals surface area contributed by atoms with E-state index in [0.29, 0.717) is 19.6 Å². The Kier molecular flexibility index (Phi) is 6.16. The molecule has 0 saturated carbocycles. The van der Waals surface area contributed by atoms with Crippen LogP contribution in [0.2, 0.25) is 0 Å². The van der Waals surface area contributed by atoms with Crippen LogP contribution in [-0.2, 0) is 11.2 Å². The van der Waals surface area contributed by atoms with Crippen molar-refractivity contribution in [1.82, 2.24) is 5.32 Å². The molecule has 1 heterocycles. The zero-order chi connectivity index (χ0) is 23.7. The number of aliphatic hydroxyl groups excluding tert-OH is 1. The van der Waals surface area contributed by atoms with Gasteiger partial charge in [0, 0.05) is 24.1 Å². The number of benzene rings is 3. The van der Waals surface area contributed by atoms with Crippen molar-refractivity contribution in [1.29, 1.82) is 0 Å². The largest absolute Gasteiger partial charge is 0.488 e. The molecule has 1 aliphatic carbocycles. The van der Waals surface area contributed by atoms with E-state index in [2.05, 4.69) is 34.9 Å². The number of carbonyl (C=O) groups excluding carboxylic acids is 1. The number of anilines is 1. The predicted octanol–water partition coefficient (Wildman–Crippen LogP) is 4.71. The minimum Gasteiger partial charge on any atom is -0.488 e. The molecular formula is C28H30N2O4. The Morgan fingerprint density at radius 3 is 2.41 bits per heavy atom. The standard InChI is InChI=1S/C28H30N2O4/c1-17(18(2)31)30-20-11-12-27-19(13-20)14-21(34-27)15-29-28(32)33-16-26-24-9-5-3-7-22(24)23-8-4-6-10-25(23)26/h3-13,17-18,21,26,30-31H,14-16H2,1-2H3,(H,29,32). The summed E-state index contributed by atoms with van der Waals surface area (Å²) in [5.41, 5.74) is 6.84. The first-order chi connectivity index (χ1) is 16.5. The van der Waals surface area contributed by atoms with Crippen molar-refractivity contribution >= 4 is 11.8 Å². The maximum Gasteiger partial charge on any atom is 0.407 e. The number of aliphatic hydroxyl groups is 1. The minimum atomic E-state index is -0.446. The number of alkyl carbamates (subject to hydrolysis) is 1. The molecular weight excluding hydrogens is 428 g/mol. The van der Waals surface area contributed by atoms with Crippen molar-refractivity contribution in [3.8, 4) is 16.9 Å². The second kappa shape index (κ2) is 9.39. The Balaban J connectivity index is 1.14. The Morgan fingerprint density at radius 2 is 1.74 bits per heavy atom. The van der Waals surface area contributed by atoms with Gasteiger partial charge in [-0.15, -0.1) is 0 Å². The van der Waals surface area contributed by atoms with Crippen molar-refractivity contribution in [2.45, 2.75) is 44.4 Å². The lowest BCUT2D eigenvalue weighted by molar-refractivity contribution is 0.136. The van der Waals surface area contributed by atoms with Gasteiger partial charge in [0.15, 0.2) is 0 Å². The molecule has 0 aromatic heterocycles. The predicted molar refractivity (Wildman–Crippen MR) is 132 cm³/mol. The normalized spacial score (nSPS) is 17.7. The lowest BCUT2D eigenvalue weighted by Crippen LogP contribution is -2.35. The van der Waals surface area contributed by atoms with Gasteiger partial charge in [-0.25, -0.2) is 4.79 Å². The summed E-state index contributed by atoms with van der Waals surface area (Å²) in [5, 5.41) is 15.9. The lowest BCUT2D eigenvalue weighted by Gasteiger charge is -2.18. The van der Waals surface area contributed by atoms with Crippen molar-refractivity contribution in [3.63, 3.8) is 0 Å². The number of ether oxygens (including phenoxy) is 2. The lowest BCUT2D eigenvalue weighted by atomic mass is 9.98. The van der Waals surface area contributed by atoms with E-state index in [1.807, 2.05) is 49.4 Å². The number of carbonyl (C=O) groups is 1. The number of hydrogen-bond donors (Lipinski definition) is 3. The molecule has 6 nitrogen and oxygen atoms in total. The topological polar surface area (TPSA) is 79.8 Å². The van der Waals surface area contributed by atoms with E-state index in [1.54, 1.807) is 6.92 Å². The zero-order valence-electron chi connectivity index (χ0n) is 19.5. The molecule has 1 amide bonds. The second-order valence-corrected chi connectivity index (χ2v) is 9.15. The Bertz CT molecular complexity index is 1150. The molecule has 3 unspecified atom stereocenters. The maximum atomic E-state index is 12.5. The third-order valence-electron chi connectivity index (χ3n) is 6.74. The number of amides is 1. The fourth-order valence-electron chi connectivity index (χ4n) is 4.75. The van der Waals surface area contributed by atoms with Crippen LogP contribution in [0.3, 0.4) is 0 Å². The van der Waals surface area contributed by atoms with Crippen molar-refractivity contribution in [2.75, 3.05) is 18.5 Å². The summed E-state index contributed by atoms with van der Waals surface area (Å²) < 4.78 is 11.6. The number of hydrogen-bond acceptors (Lipinski definition) is 5. The van der Waals surface area contributed by atoms with Crippen molar-refractivity contribution < 1.29 is 19.4 Å². The van der Waals surface area contributed by atoms with Crippen LogP contribution in [0.1, 0.15) is 36.5 Å². The molecule has 3 N–H and O–H groups in total.